The molecule has 3 aromatic heterocycles. The van der Waals surface area contributed by atoms with Gasteiger partial charge in [0.2, 0.25) is 0 Å². The molecule has 0 saturated carbocycles. The molecule has 0 fully saturated rings. The predicted octanol–water partition coefficient (Wildman–Crippen LogP) is 6.86. The van der Waals surface area contributed by atoms with Crippen molar-refractivity contribution in [3.8, 4) is 11.5 Å². The van der Waals surface area contributed by atoms with Crippen LogP contribution in [0.3, 0.4) is 0 Å². The highest BCUT2D eigenvalue weighted by Crippen LogP contribution is 2.35. The highest BCUT2D eigenvalue weighted by atomic mass is 35.5. The SMILES string of the molecule is Clc1cc(Oc2cccc3ccsc23)ccc1Cc1c[nH]c2ncnc(Cl)c12. The van der Waals surface area contributed by atoms with E-state index in [2.05, 4.69) is 32.5 Å². The second-order valence-corrected chi connectivity index (χ2v) is 8.01. The smallest absolute Gasteiger partial charge is 0.145 e. The van der Waals surface area contributed by atoms with Crippen LogP contribution in [0.15, 0.2) is 60.4 Å². The lowest BCUT2D eigenvalue weighted by atomic mass is 10.1. The number of nitrogens with one attached hydrogen (secondary N) is 1. The van der Waals surface area contributed by atoms with Crippen LogP contribution >= 0.6 is 34.5 Å². The van der Waals surface area contributed by atoms with Crippen LogP contribution in [0.5, 0.6) is 11.5 Å². The molecule has 0 atom stereocenters. The molecule has 138 valence electrons. The van der Waals surface area contributed by atoms with Crippen LogP contribution in [0.25, 0.3) is 21.1 Å². The zero-order valence-corrected chi connectivity index (χ0v) is 16.8. The molecule has 7 heteroatoms. The highest BCUT2D eigenvalue weighted by Gasteiger charge is 2.13. The number of nitrogens with zero attached hydrogens (tertiary/aromatic N) is 2. The Morgan fingerprint density at radius 1 is 1.04 bits per heavy atom. The number of hydrogen-bond acceptors (Lipinski definition) is 4. The summed E-state index contributed by atoms with van der Waals surface area (Å²) in [5.74, 6) is 1.53. The van der Waals surface area contributed by atoms with E-state index in [1.165, 1.54) is 11.7 Å². The maximum absolute atomic E-state index is 6.55. The summed E-state index contributed by atoms with van der Waals surface area (Å²) in [4.78, 5) is 11.4. The van der Waals surface area contributed by atoms with Crippen molar-refractivity contribution in [1.82, 2.24) is 15.0 Å². The van der Waals surface area contributed by atoms with Gasteiger partial charge in [-0.25, -0.2) is 9.97 Å². The quantitative estimate of drug-likeness (QED) is 0.319. The molecule has 3 heterocycles. The average Bonchev–Trinajstić information content (AvgIpc) is 3.32. The van der Waals surface area contributed by atoms with Crippen molar-refractivity contribution < 1.29 is 4.74 Å². The van der Waals surface area contributed by atoms with E-state index in [-0.39, 0.29) is 0 Å². The van der Waals surface area contributed by atoms with Gasteiger partial charge in [0.25, 0.3) is 0 Å². The number of fused-ring (bicyclic) bond motifs is 2. The van der Waals surface area contributed by atoms with E-state index in [1.807, 2.05) is 36.5 Å². The lowest BCUT2D eigenvalue weighted by molar-refractivity contribution is 0.489. The molecule has 2 aromatic carbocycles. The van der Waals surface area contributed by atoms with Crippen molar-refractivity contribution in [3.63, 3.8) is 0 Å². The van der Waals surface area contributed by atoms with Gasteiger partial charge in [-0.15, -0.1) is 11.3 Å². The summed E-state index contributed by atoms with van der Waals surface area (Å²) in [6.45, 7) is 0. The minimum Gasteiger partial charge on any atom is -0.456 e. The normalized spacial score (nSPS) is 11.4. The van der Waals surface area contributed by atoms with Gasteiger partial charge in [-0.1, -0.05) is 41.4 Å². The topological polar surface area (TPSA) is 50.8 Å². The van der Waals surface area contributed by atoms with Crippen molar-refractivity contribution in [3.05, 3.63) is 81.7 Å². The number of H-pyrrole nitrogens is 1. The Labute approximate surface area is 174 Å². The number of aromatic nitrogens is 3. The molecule has 4 nitrogen and oxygen atoms in total. The number of aromatic amines is 1. The summed E-state index contributed by atoms with van der Waals surface area (Å²) < 4.78 is 7.21. The molecule has 0 amide bonds. The fourth-order valence-corrected chi connectivity index (χ4v) is 4.58. The third-order valence-corrected chi connectivity index (χ3v) is 6.16. The molecule has 1 N–H and O–H groups in total. The Balaban J connectivity index is 1.44. The summed E-state index contributed by atoms with van der Waals surface area (Å²) in [6.07, 6.45) is 3.95. The number of ether oxygens (including phenoxy) is 1. The van der Waals surface area contributed by atoms with Crippen LogP contribution in [-0.2, 0) is 6.42 Å². The van der Waals surface area contributed by atoms with Gasteiger partial charge in [-0.3, -0.25) is 0 Å². The molecule has 0 radical (unpaired) electrons. The van der Waals surface area contributed by atoms with Gasteiger partial charge in [0, 0.05) is 17.6 Å². The van der Waals surface area contributed by atoms with Crippen LogP contribution in [0.2, 0.25) is 10.2 Å². The van der Waals surface area contributed by atoms with Gasteiger partial charge in [0.15, 0.2) is 0 Å². The summed E-state index contributed by atoms with van der Waals surface area (Å²) in [7, 11) is 0. The van der Waals surface area contributed by atoms with Gasteiger partial charge in [0.1, 0.15) is 28.6 Å². The zero-order valence-electron chi connectivity index (χ0n) is 14.4. The van der Waals surface area contributed by atoms with Gasteiger partial charge in [-0.05, 0) is 46.2 Å². The van der Waals surface area contributed by atoms with Crippen molar-refractivity contribution in [2.24, 2.45) is 0 Å². The summed E-state index contributed by atoms with van der Waals surface area (Å²) >= 11 is 14.4. The van der Waals surface area contributed by atoms with Gasteiger partial charge in [0.05, 0.1) is 10.1 Å². The number of benzene rings is 2. The summed E-state index contributed by atoms with van der Waals surface area (Å²) in [5, 5.41) is 5.12. The molecule has 5 rings (SSSR count). The minimum atomic E-state index is 0.432. The first-order valence-corrected chi connectivity index (χ1v) is 10.2. The number of rotatable bonds is 4. The van der Waals surface area contributed by atoms with Gasteiger partial charge in [-0.2, -0.15) is 0 Å². The van der Waals surface area contributed by atoms with E-state index in [1.54, 1.807) is 11.3 Å². The standard InChI is InChI=1S/C21H13Cl2N3OS/c22-16-9-15(27-17-3-1-2-12-6-7-28-19(12)17)5-4-13(16)8-14-10-24-21-18(14)20(23)25-11-26-21/h1-7,9-11H,8H2,(H,24,25,26). The molecule has 0 spiro atoms. The summed E-state index contributed by atoms with van der Waals surface area (Å²) in [5.41, 5.74) is 2.69. The van der Waals surface area contributed by atoms with Crippen LogP contribution in [0.1, 0.15) is 11.1 Å². The van der Waals surface area contributed by atoms with Crippen LogP contribution in [-0.4, -0.2) is 15.0 Å². The van der Waals surface area contributed by atoms with Crippen LogP contribution in [0, 0.1) is 0 Å². The highest BCUT2D eigenvalue weighted by molar-refractivity contribution is 7.17. The first kappa shape index (κ1) is 17.5. The predicted molar refractivity (Wildman–Crippen MR) is 115 cm³/mol. The van der Waals surface area contributed by atoms with E-state index in [0.29, 0.717) is 22.3 Å². The number of thiophene rings is 1. The first-order valence-electron chi connectivity index (χ1n) is 8.58. The van der Waals surface area contributed by atoms with Crippen molar-refractivity contribution in [2.45, 2.75) is 6.42 Å². The third kappa shape index (κ3) is 3.11. The van der Waals surface area contributed by atoms with Crippen LogP contribution in [0.4, 0.5) is 0 Å². The van der Waals surface area contributed by atoms with E-state index >= 15 is 0 Å². The molecular weight excluding hydrogens is 413 g/mol. The lowest BCUT2D eigenvalue weighted by Gasteiger charge is -2.10. The molecule has 0 saturated heterocycles. The van der Waals surface area contributed by atoms with E-state index in [9.17, 15) is 0 Å². The Kier molecular flexibility index (Phi) is 4.43. The van der Waals surface area contributed by atoms with E-state index in [4.69, 9.17) is 27.9 Å². The maximum atomic E-state index is 6.55. The Morgan fingerprint density at radius 2 is 1.96 bits per heavy atom. The molecule has 0 bridgehead atoms. The fraction of sp³-hybridized carbons (Fsp3) is 0.0476. The monoisotopic (exact) mass is 425 g/mol. The molecular formula is C21H13Cl2N3OS. The van der Waals surface area contributed by atoms with Gasteiger partial charge >= 0.3 is 0 Å². The second-order valence-electron chi connectivity index (χ2n) is 6.33. The first-order chi connectivity index (χ1) is 13.7. The number of halogens is 2. The molecule has 0 aliphatic carbocycles. The summed E-state index contributed by atoms with van der Waals surface area (Å²) in [6, 6.07) is 13.9. The average molecular weight is 426 g/mol. The number of hydrogen-bond donors (Lipinski definition) is 1. The molecule has 0 aliphatic rings. The molecule has 5 aromatic rings. The van der Waals surface area contributed by atoms with Crippen LogP contribution < -0.4 is 4.74 Å². The largest absolute Gasteiger partial charge is 0.456 e. The van der Waals surface area contributed by atoms with Crippen molar-refractivity contribution in [2.75, 3.05) is 0 Å². The maximum Gasteiger partial charge on any atom is 0.145 e. The Hall–Kier alpha value is -2.60. The van der Waals surface area contributed by atoms with Gasteiger partial charge < -0.3 is 9.72 Å². The van der Waals surface area contributed by atoms with Crippen molar-refractivity contribution >= 4 is 55.7 Å². The third-order valence-electron chi connectivity index (χ3n) is 4.58. The lowest BCUT2D eigenvalue weighted by Crippen LogP contribution is -1.91. The Bertz CT molecular complexity index is 1310. The minimum absolute atomic E-state index is 0.432. The second kappa shape index (κ2) is 7.09. The van der Waals surface area contributed by atoms with Crippen molar-refractivity contribution in [1.29, 1.82) is 0 Å². The zero-order chi connectivity index (χ0) is 19.1. The van der Waals surface area contributed by atoms with E-state index < -0.39 is 0 Å². The molecule has 0 unspecified atom stereocenters. The molecule has 28 heavy (non-hydrogen) atoms. The molecule has 0 aliphatic heterocycles. The fourth-order valence-electron chi connectivity index (χ4n) is 3.24. The van der Waals surface area contributed by atoms with E-state index in [0.717, 1.165) is 32.6 Å². The Morgan fingerprint density at radius 3 is 2.86 bits per heavy atom.